The predicted molar refractivity (Wildman–Crippen MR) is 146 cm³/mol. The smallest absolute Gasteiger partial charge is 0.204 e. The minimum Gasteiger partial charge on any atom is -0.507 e. The minimum absolute atomic E-state index is 0.112. The van der Waals surface area contributed by atoms with E-state index in [9.17, 15) is 9.90 Å². The third-order valence-electron chi connectivity index (χ3n) is 6.38. The quantitative estimate of drug-likeness (QED) is 0.153. The van der Waals surface area contributed by atoms with Gasteiger partial charge >= 0.3 is 0 Å². The summed E-state index contributed by atoms with van der Waals surface area (Å²) in [6.07, 6.45) is 15.5. The van der Waals surface area contributed by atoms with E-state index in [1.807, 2.05) is 12.2 Å². The summed E-state index contributed by atoms with van der Waals surface area (Å²) in [6.45, 7) is 4.30. The highest BCUT2D eigenvalue weighted by Crippen LogP contribution is 2.41. The van der Waals surface area contributed by atoms with Crippen LogP contribution in [0.1, 0.15) is 63.5 Å². The largest absolute Gasteiger partial charge is 0.507 e. The minimum atomic E-state index is -0.305. The third kappa shape index (κ3) is 5.69. The molecule has 0 amide bonds. The molecule has 0 aliphatic carbocycles. The Bertz CT molecular complexity index is 1300. The maximum absolute atomic E-state index is 13.9. The lowest BCUT2D eigenvalue weighted by molar-refractivity contribution is 0.352. The molecule has 0 saturated carbocycles. The Balaban J connectivity index is 2.25. The van der Waals surface area contributed by atoms with Gasteiger partial charge in [-0.2, -0.15) is 0 Å². The van der Waals surface area contributed by atoms with Gasteiger partial charge in [-0.15, -0.1) is 0 Å². The van der Waals surface area contributed by atoms with Crippen LogP contribution >= 0.6 is 0 Å². The van der Waals surface area contributed by atoms with Crippen molar-refractivity contribution in [2.45, 2.75) is 65.2 Å². The molecule has 6 nitrogen and oxygen atoms in total. The zero-order valence-electron chi connectivity index (χ0n) is 22.1. The van der Waals surface area contributed by atoms with Crippen LogP contribution in [0.2, 0.25) is 0 Å². The van der Waals surface area contributed by atoms with Crippen LogP contribution in [-0.2, 0) is 12.8 Å². The van der Waals surface area contributed by atoms with Crippen molar-refractivity contribution < 1.29 is 23.7 Å². The Morgan fingerprint density at radius 3 is 1.89 bits per heavy atom. The summed E-state index contributed by atoms with van der Waals surface area (Å²) >= 11 is 0. The number of rotatable bonds is 13. The van der Waals surface area contributed by atoms with Crippen LogP contribution in [0.15, 0.2) is 45.6 Å². The number of aromatic hydroxyl groups is 1. The number of ether oxygens (including phenoxy) is 3. The van der Waals surface area contributed by atoms with Gasteiger partial charge in [-0.25, -0.2) is 0 Å². The van der Waals surface area contributed by atoms with E-state index in [1.165, 1.54) is 0 Å². The molecule has 1 heterocycles. The molecule has 0 radical (unpaired) electrons. The van der Waals surface area contributed by atoms with Gasteiger partial charge in [0.1, 0.15) is 28.1 Å². The zero-order valence-corrected chi connectivity index (χ0v) is 22.1. The first kappa shape index (κ1) is 27.2. The summed E-state index contributed by atoms with van der Waals surface area (Å²) in [7, 11) is 4.65. The van der Waals surface area contributed by atoms with Crippen molar-refractivity contribution in [1.82, 2.24) is 0 Å². The third-order valence-corrected chi connectivity index (χ3v) is 6.38. The van der Waals surface area contributed by atoms with Crippen molar-refractivity contribution in [3.8, 4) is 23.0 Å². The lowest BCUT2D eigenvalue weighted by Crippen LogP contribution is -2.09. The van der Waals surface area contributed by atoms with E-state index < -0.39 is 0 Å². The summed E-state index contributed by atoms with van der Waals surface area (Å²) in [6, 6.07) is 3.33. The second kappa shape index (κ2) is 13.1. The van der Waals surface area contributed by atoms with Crippen LogP contribution < -0.4 is 19.6 Å². The molecule has 0 atom stereocenters. The van der Waals surface area contributed by atoms with Gasteiger partial charge in [-0.3, -0.25) is 4.79 Å². The molecule has 0 unspecified atom stereocenters. The molecule has 3 aromatic rings. The molecule has 194 valence electrons. The molecule has 1 aromatic heterocycles. The monoisotopic (exact) mass is 494 g/mol. The molecule has 36 heavy (non-hydrogen) atoms. The Kier molecular flexibility index (Phi) is 9.86. The lowest BCUT2D eigenvalue weighted by Gasteiger charge is -2.16. The van der Waals surface area contributed by atoms with Crippen LogP contribution in [0, 0.1) is 0 Å². The highest BCUT2D eigenvalue weighted by molar-refractivity contribution is 5.97. The average Bonchev–Trinajstić information content (AvgIpc) is 2.88. The van der Waals surface area contributed by atoms with E-state index in [2.05, 4.69) is 26.0 Å². The topological polar surface area (TPSA) is 78.1 Å². The van der Waals surface area contributed by atoms with Gasteiger partial charge in [0.05, 0.1) is 26.7 Å². The summed E-state index contributed by atoms with van der Waals surface area (Å²) in [5.74, 6) is 1.33. The van der Waals surface area contributed by atoms with Crippen LogP contribution in [0.5, 0.6) is 23.0 Å². The number of benzene rings is 2. The molecule has 1 N–H and O–H groups in total. The van der Waals surface area contributed by atoms with E-state index in [4.69, 9.17) is 18.6 Å². The van der Waals surface area contributed by atoms with Crippen LogP contribution in [0.3, 0.4) is 0 Å². The summed E-state index contributed by atoms with van der Waals surface area (Å²) in [5, 5.41) is 11.8. The van der Waals surface area contributed by atoms with Gasteiger partial charge < -0.3 is 23.7 Å². The van der Waals surface area contributed by atoms with Crippen LogP contribution in [0.4, 0.5) is 0 Å². The molecule has 3 rings (SSSR count). The zero-order chi connectivity index (χ0) is 26.1. The first-order chi connectivity index (χ1) is 17.5. The lowest BCUT2D eigenvalue weighted by atomic mass is 9.99. The van der Waals surface area contributed by atoms with Crippen molar-refractivity contribution in [1.29, 1.82) is 0 Å². The SMILES string of the molecule is CCCCC=CCc1c(OC)cc2oc3cc(OC)c(OC)c(C/C=C/CCCC)c3c(=O)c2c1O. The summed E-state index contributed by atoms with van der Waals surface area (Å²) < 4.78 is 22.9. The highest BCUT2D eigenvalue weighted by Gasteiger charge is 2.23. The fraction of sp³-hybridized carbons (Fsp3) is 0.433. The van der Waals surface area contributed by atoms with E-state index >= 15 is 0 Å². The van der Waals surface area contributed by atoms with Crippen LogP contribution in [0.25, 0.3) is 21.9 Å². The van der Waals surface area contributed by atoms with E-state index in [1.54, 1.807) is 33.5 Å². The number of unbranched alkanes of at least 4 members (excludes halogenated alkanes) is 4. The molecule has 0 saturated heterocycles. The second-order valence-electron chi connectivity index (χ2n) is 8.81. The number of hydrogen-bond donors (Lipinski definition) is 1. The molecule has 6 heteroatoms. The first-order valence-corrected chi connectivity index (χ1v) is 12.7. The Morgan fingerprint density at radius 1 is 0.778 bits per heavy atom. The molecule has 0 fully saturated rings. The number of methoxy groups -OCH3 is 3. The van der Waals surface area contributed by atoms with E-state index in [0.29, 0.717) is 52.2 Å². The van der Waals surface area contributed by atoms with Crippen molar-refractivity contribution in [3.63, 3.8) is 0 Å². The highest BCUT2D eigenvalue weighted by atomic mass is 16.5. The summed E-state index contributed by atoms with van der Waals surface area (Å²) in [4.78, 5) is 13.9. The van der Waals surface area contributed by atoms with Gasteiger partial charge in [0.2, 0.25) is 5.43 Å². The molecule has 0 spiro atoms. The standard InChI is InChI=1S/C30H38O6/c1-6-8-10-12-14-16-20-22(33-3)18-24-27(28(20)31)29(32)26-21(17-15-13-11-9-7-2)30(35-5)25(34-4)19-23(26)36-24/h12-15,18-19,31H,6-11,16-17H2,1-5H3/b14-12?,15-13+. The Morgan fingerprint density at radius 2 is 1.33 bits per heavy atom. The Hall–Kier alpha value is -3.41. The van der Waals surface area contributed by atoms with Crippen molar-refractivity contribution >= 4 is 21.9 Å². The number of hydrogen-bond acceptors (Lipinski definition) is 6. The number of fused-ring (bicyclic) bond motifs is 2. The summed E-state index contributed by atoms with van der Waals surface area (Å²) in [5.41, 5.74) is 1.56. The molecule has 0 bridgehead atoms. The van der Waals surface area contributed by atoms with E-state index in [-0.39, 0.29) is 22.1 Å². The van der Waals surface area contributed by atoms with Gasteiger partial charge in [0.15, 0.2) is 11.5 Å². The fourth-order valence-electron chi connectivity index (χ4n) is 4.43. The molecule has 2 aromatic carbocycles. The van der Waals surface area contributed by atoms with Crippen molar-refractivity contribution in [2.75, 3.05) is 21.3 Å². The van der Waals surface area contributed by atoms with E-state index in [0.717, 1.165) is 38.5 Å². The van der Waals surface area contributed by atoms with Crippen molar-refractivity contribution in [2.24, 2.45) is 0 Å². The van der Waals surface area contributed by atoms with Crippen molar-refractivity contribution in [3.05, 3.63) is 57.8 Å². The normalized spacial score (nSPS) is 11.8. The number of phenolic OH excluding ortho intramolecular Hbond substituents is 1. The fourth-order valence-corrected chi connectivity index (χ4v) is 4.43. The first-order valence-electron chi connectivity index (χ1n) is 12.7. The van der Waals surface area contributed by atoms with Crippen LogP contribution in [-0.4, -0.2) is 26.4 Å². The number of phenols is 1. The van der Waals surface area contributed by atoms with Gasteiger partial charge in [-0.1, -0.05) is 63.8 Å². The predicted octanol–water partition coefficient (Wildman–Crippen LogP) is 7.26. The second-order valence-corrected chi connectivity index (χ2v) is 8.81. The molecule has 0 aliphatic heterocycles. The Labute approximate surface area is 213 Å². The molecular weight excluding hydrogens is 456 g/mol. The maximum Gasteiger partial charge on any atom is 0.204 e. The van der Waals surface area contributed by atoms with Gasteiger partial charge in [0.25, 0.3) is 0 Å². The molecule has 0 aliphatic rings. The maximum atomic E-state index is 13.9. The average molecular weight is 495 g/mol. The van der Waals surface area contributed by atoms with Gasteiger partial charge in [0, 0.05) is 23.3 Å². The molecular formula is C30H38O6. The van der Waals surface area contributed by atoms with Gasteiger partial charge in [-0.05, 0) is 25.7 Å². The number of allylic oxidation sites excluding steroid dienone is 4.